The highest BCUT2D eigenvalue weighted by Gasteiger charge is 2.14. The van der Waals surface area contributed by atoms with Crippen molar-refractivity contribution in [3.05, 3.63) is 58.9 Å². The molecule has 0 fully saturated rings. The first-order valence-corrected chi connectivity index (χ1v) is 6.14. The van der Waals surface area contributed by atoms with E-state index >= 15 is 0 Å². The molecule has 1 heterocycles. The van der Waals surface area contributed by atoms with Crippen LogP contribution in [0, 0.1) is 6.92 Å². The molecule has 0 bridgehead atoms. The molecule has 0 aliphatic rings. The minimum absolute atomic E-state index is 0.0339. The van der Waals surface area contributed by atoms with Crippen LogP contribution in [0.1, 0.15) is 34.2 Å². The Morgan fingerprint density at radius 2 is 1.89 bits per heavy atom. The Labute approximate surface area is 113 Å². The predicted octanol–water partition coefficient (Wildman–Crippen LogP) is 3.23. The van der Waals surface area contributed by atoms with Crippen molar-refractivity contribution in [2.24, 2.45) is 0 Å². The second-order valence-electron chi connectivity index (χ2n) is 4.36. The molecule has 1 aromatic heterocycles. The third kappa shape index (κ3) is 2.76. The summed E-state index contributed by atoms with van der Waals surface area (Å²) in [5.41, 5.74) is 3.43. The molecule has 0 saturated carbocycles. The topological polar surface area (TPSA) is 31.2 Å². The van der Waals surface area contributed by atoms with Crippen molar-refractivity contribution in [2.45, 2.75) is 13.8 Å². The van der Waals surface area contributed by atoms with Gasteiger partial charge >= 0.3 is 0 Å². The summed E-state index contributed by atoms with van der Waals surface area (Å²) in [5, 5.41) is 0. The van der Waals surface area contributed by atoms with Gasteiger partial charge in [0.2, 0.25) is 0 Å². The van der Waals surface area contributed by atoms with Crippen LogP contribution in [0.15, 0.2) is 36.4 Å². The molecule has 2 aromatic rings. The van der Waals surface area contributed by atoms with E-state index in [1.54, 1.807) is 18.8 Å². The van der Waals surface area contributed by atoms with E-state index in [0.29, 0.717) is 5.56 Å². The first kappa shape index (κ1) is 13.1. The number of hydrogen-bond acceptors (Lipinski definition) is 2. The van der Waals surface area contributed by atoms with E-state index in [9.17, 15) is 4.79 Å². The summed E-state index contributed by atoms with van der Waals surface area (Å²) in [4.78, 5) is 17.0. The molecule has 0 spiro atoms. The van der Waals surface area contributed by atoms with Gasteiger partial charge in [-0.3, -0.25) is 4.79 Å². The van der Waals surface area contributed by atoms with Crippen molar-refractivity contribution in [1.82, 2.24) is 4.73 Å². The zero-order valence-corrected chi connectivity index (χ0v) is 11.4. The lowest BCUT2D eigenvalue weighted by Gasteiger charge is -2.07. The van der Waals surface area contributed by atoms with Gasteiger partial charge in [0.1, 0.15) is 7.11 Å². The fourth-order valence-corrected chi connectivity index (χ4v) is 2.06. The number of carbonyl (C=O) groups is 1. The number of Topliss-reactive ketones (excluding diaryl/α,β-unsaturated/α-hetero) is 1. The van der Waals surface area contributed by atoms with E-state index in [0.717, 1.165) is 17.0 Å². The van der Waals surface area contributed by atoms with Gasteiger partial charge in [-0.2, -0.15) is 4.73 Å². The molecule has 0 aliphatic heterocycles. The first-order chi connectivity index (χ1) is 9.13. The molecule has 0 amide bonds. The maximum absolute atomic E-state index is 11.7. The van der Waals surface area contributed by atoms with Crippen molar-refractivity contribution in [1.29, 1.82) is 0 Å². The third-order valence-corrected chi connectivity index (χ3v) is 2.96. The van der Waals surface area contributed by atoms with E-state index in [2.05, 4.69) is 0 Å². The quantitative estimate of drug-likeness (QED) is 0.785. The van der Waals surface area contributed by atoms with Crippen LogP contribution in [0.5, 0.6) is 0 Å². The van der Waals surface area contributed by atoms with Gasteiger partial charge in [0, 0.05) is 5.56 Å². The minimum Gasteiger partial charge on any atom is -0.417 e. The highest BCUT2D eigenvalue weighted by atomic mass is 16.6. The molecular formula is C16H17NO2. The van der Waals surface area contributed by atoms with E-state index in [-0.39, 0.29) is 5.78 Å². The zero-order valence-electron chi connectivity index (χ0n) is 11.4. The van der Waals surface area contributed by atoms with E-state index in [1.807, 2.05) is 55.5 Å². The summed E-state index contributed by atoms with van der Waals surface area (Å²) in [7, 11) is 1.59. The van der Waals surface area contributed by atoms with Crippen molar-refractivity contribution in [2.75, 3.05) is 7.11 Å². The zero-order chi connectivity index (χ0) is 13.8. The Morgan fingerprint density at radius 3 is 2.47 bits per heavy atom. The number of carbonyl (C=O) groups excluding carboxylic acids is 1. The average molecular weight is 255 g/mol. The molecule has 0 saturated heterocycles. The van der Waals surface area contributed by atoms with Crippen molar-refractivity contribution < 1.29 is 9.63 Å². The Hall–Kier alpha value is -2.29. The van der Waals surface area contributed by atoms with E-state index in [4.69, 9.17) is 4.84 Å². The number of rotatable bonds is 4. The Bertz CT molecular complexity index is 609. The van der Waals surface area contributed by atoms with E-state index in [1.165, 1.54) is 0 Å². The average Bonchev–Trinajstić information content (AvgIpc) is 2.74. The number of hydrogen-bond donors (Lipinski definition) is 0. The highest BCUT2D eigenvalue weighted by Crippen LogP contribution is 2.18. The molecule has 0 N–H and O–H groups in total. The molecule has 0 aliphatic carbocycles. The molecule has 0 unspecified atom stereocenters. The molecule has 0 atom stereocenters. The third-order valence-electron chi connectivity index (χ3n) is 2.96. The largest absolute Gasteiger partial charge is 0.417 e. The lowest BCUT2D eigenvalue weighted by Crippen LogP contribution is -2.10. The van der Waals surface area contributed by atoms with Crippen LogP contribution in [0.3, 0.4) is 0 Å². The van der Waals surface area contributed by atoms with Gasteiger partial charge in [-0.05, 0) is 31.6 Å². The van der Waals surface area contributed by atoms with Crippen LogP contribution in [0.2, 0.25) is 0 Å². The smallest absolute Gasteiger partial charge is 0.162 e. The monoisotopic (exact) mass is 255 g/mol. The standard InChI is InChI=1S/C16H17NO2/c1-12-11-15(13(2)18)16(17(12)19-3)10-9-14-7-5-4-6-8-14/h4-11H,1-3H3/b10-9+. The summed E-state index contributed by atoms with van der Waals surface area (Å²) in [6.45, 7) is 3.48. The van der Waals surface area contributed by atoms with Crippen LogP contribution in [-0.4, -0.2) is 17.6 Å². The molecule has 98 valence electrons. The van der Waals surface area contributed by atoms with Crippen LogP contribution >= 0.6 is 0 Å². The molecule has 1 aromatic carbocycles. The minimum atomic E-state index is 0.0339. The lowest BCUT2D eigenvalue weighted by atomic mass is 10.1. The summed E-state index contributed by atoms with van der Waals surface area (Å²) >= 11 is 0. The summed E-state index contributed by atoms with van der Waals surface area (Å²) in [5.74, 6) is 0.0339. The second-order valence-corrected chi connectivity index (χ2v) is 4.36. The van der Waals surface area contributed by atoms with Crippen LogP contribution in [-0.2, 0) is 0 Å². The molecule has 3 nitrogen and oxygen atoms in total. The Kier molecular flexibility index (Phi) is 3.85. The Balaban J connectivity index is 2.44. The number of ketones is 1. The molecular weight excluding hydrogens is 238 g/mol. The molecule has 2 rings (SSSR count). The normalized spacial score (nSPS) is 10.9. The van der Waals surface area contributed by atoms with Crippen molar-refractivity contribution >= 4 is 17.9 Å². The fourth-order valence-electron chi connectivity index (χ4n) is 2.06. The highest BCUT2D eigenvalue weighted by molar-refractivity contribution is 5.98. The second kappa shape index (κ2) is 5.57. The summed E-state index contributed by atoms with van der Waals surface area (Å²) in [6, 6.07) is 11.8. The summed E-state index contributed by atoms with van der Waals surface area (Å²) in [6.07, 6.45) is 3.87. The van der Waals surface area contributed by atoms with Gasteiger partial charge in [0.15, 0.2) is 5.78 Å². The molecule has 19 heavy (non-hydrogen) atoms. The van der Waals surface area contributed by atoms with Crippen molar-refractivity contribution in [3.8, 4) is 0 Å². The lowest BCUT2D eigenvalue weighted by molar-refractivity contribution is 0.101. The SMILES string of the molecule is COn1c(C)cc(C(C)=O)c1/C=C/c1ccccc1. The summed E-state index contributed by atoms with van der Waals surface area (Å²) < 4.78 is 1.66. The van der Waals surface area contributed by atoms with E-state index < -0.39 is 0 Å². The van der Waals surface area contributed by atoms with Crippen LogP contribution in [0.4, 0.5) is 0 Å². The number of nitrogens with zero attached hydrogens (tertiary/aromatic N) is 1. The first-order valence-electron chi connectivity index (χ1n) is 6.14. The maximum Gasteiger partial charge on any atom is 0.162 e. The predicted molar refractivity (Wildman–Crippen MR) is 77.0 cm³/mol. The van der Waals surface area contributed by atoms with Gasteiger partial charge in [-0.15, -0.1) is 0 Å². The van der Waals surface area contributed by atoms with Crippen molar-refractivity contribution in [3.63, 3.8) is 0 Å². The van der Waals surface area contributed by atoms with Gasteiger partial charge in [0.25, 0.3) is 0 Å². The number of aromatic nitrogens is 1. The van der Waals surface area contributed by atoms with Gasteiger partial charge < -0.3 is 4.84 Å². The Morgan fingerprint density at radius 1 is 1.21 bits per heavy atom. The van der Waals surface area contributed by atoms with Gasteiger partial charge in [0.05, 0.1) is 11.4 Å². The molecule has 3 heteroatoms. The number of aryl methyl sites for hydroxylation is 1. The maximum atomic E-state index is 11.7. The van der Waals surface area contributed by atoms with Gasteiger partial charge in [-0.25, -0.2) is 0 Å². The fraction of sp³-hybridized carbons (Fsp3) is 0.188. The van der Waals surface area contributed by atoms with Crippen LogP contribution in [0.25, 0.3) is 12.2 Å². The van der Waals surface area contributed by atoms with Gasteiger partial charge in [-0.1, -0.05) is 36.4 Å². The number of benzene rings is 1. The van der Waals surface area contributed by atoms with Crippen LogP contribution < -0.4 is 4.84 Å². The molecule has 0 radical (unpaired) electrons.